The summed E-state index contributed by atoms with van der Waals surface area (Å²) in [6, 6.07) is 33.6. The van der Waals surface area contributed by atoms with Crippen LogP contribution < -0.4 is 9.64 Å². The fourth-order valence-corrected chi connectivity index (χ4v) is 5.67. The van der Waals surface area contributed by atoms with Crippen LogP contribution in [-0.2, 0) is 6.67 Å². The molecule has 0 spiro atoms. The summed E-state index contributed by atoms with van der Waals surface area (Å²) in [4.78, 5) is 11.4. The highest BCUT2D eigenvalue weighted by Gasteiger charge is 2.23. The lowest BCUT2D eigenvalue weighted by atomic mass is 10.1. The van der Waals surface area contributed by atoms with Crippen LogP contribution >= 0.6 is 0 Å². The molecule has 192 valence electrons. The minimum atomic E-state index is -2.23. The Morgan fingerprint density at radius 3 is 2.60 bits per heavy atom. The molecule has 6 nitrogen and oxygen atoms in total. The van der Waals surface area contributed by atoms with Crippen molar-refractivity contribution in [2.24, 2.45) is 0 Å². The van der Waals surface area contributed by atoms with Crippen molar-refractivity contribution in [1.29, 1.82) is 0 Å². The zero-order valence-electron chi connectivity index (χ0n) is 24.4. The number of fused-ring (bicyclic) bond motifs is 6. The average molecular weight is 523 g/mol. The van der Waals surface area contributed by atoms with Gasteiger partial charge < -0.3 is 14.2 Å². The lowest BCUT2D eigenvalue weighted by Crippen LogP contribution is -2.25. The van der Waals surface area contributed by atoms with Crippen molar-refractivity contribution in [3.8, 4) is 28.7 Å². The Kier molecular flexibility index (Phi) is 4.35. The minimum absolute atomic E-state index is 0.245. The lowest BCUT2D eigenvalue weighted by Gasteiger charge is -2.32. The van der Waals surface area contributed by atoms with Gasteiger partial charge in [-0.05, 0) is 67.0 Å². The molecule has 4 aromatic carbocycles. The lowest BCUT2D eigenvalue weighted by molar-refractivity contribution is 0.483. The normalized spacial score (nSPS) is 13.9. The van der Waals surface area contributed by atoms with Gasteiger partial charge in [-0.15, -0.1) is 0 Å². The minimum Gasteiger partial charge on any atom is -0.457 e. The van der Waals surface area contributed by atoms with Crippen molar-refractivity contribution >= 4 is 33.2 Å². The topological polar surface area (TPSA) is 48.1 Å². The summed E-state index contributed by atoms with van der Waals surface area (Å²) in [5.74, 6) is 2.87. The van der Waals surface area contributed by atoms with Gasteiger partial charge in [-0.3, -0.25) is 4.57 Å². The van der Waals surface area contributed by atoms with Crippen LogP contribution in [0.2, 0.25) is 0 Å². The van der Waals surface area contributed by atoms with E-state index in [1.54, 1.807) is 18.3 Å². The summed E-state index contributed by atoms with van der Waals surface area (Å²) in [5.41, 5.74) is 5.24. The molecule has 0 atom stereocenters. The number of benzene rings is 4. The van der Waals surface area contributed by atoms with Crippen molar-refractivity contribution in [3.05, 3.63) is 127 Å². The van der Waals surface area contributed by atoms with E-state index in [4.69, 9.17) is 8.85 Å². The highest BCUT2D eigenvalue weighted by atomic mass is 16.5. The second-order valence-corrected chi connectivity index (χ2v) is 9.84. The van der Waals surface area contributed by atoms with Crippen LogP contribution in [0, 0.1) is 6.85 Å². The highest BCUT2D eigenvalue weighted by Crippen LogP contribution is 2.40. The van der Waals surface area contributed by atoms with Crippen molar-refractivity contribution in [2.75, 3.05) is 4.90 Å². The quantitative estimate of drug-likeness (QED) is 0.233. The van der Waals surface area contributed by atoms with E-state index in [9.17, 15) is 0 Å². The van der Waals surface area contributed by atoms with E-state index in [1.807, 2.05) is 83.7 Å². The summed E-state index contributed by atoms with van der Waals surface area (Å²) in [6.07, 6.45) is 5.38. The predicted molar refractivity (Wildman–Crippen MR) is 160 cm³/mol. The predicted octanol–water partition coefficient (Wildman–Crippen LogP) is 8.25. The molecule has 0 fully saturated rings. The Balaban J connectivity index is 1.19. The molecule has 0 unspecified atom stereocenters. The van der Waals surface area contributed by atoms with Crippen molar-refractivity contribution in [1.82, 2.24) is 19.1 Å². The molecule has 0 radical (unpaired) electrons. The van der Waals surface area contributed by atoms with Crippen LogP contribution in [0.25, 0.3) is 39.0 Å². The second-order valence-electron chi connectivity index (χ2n) is 9.84. The average Bonchev–Trinajstić information content (AvgIpc) is 3.63. The van der Waals surface area contributed by atoms with Gasteiger partial charge in [0.25, 0.3) is 0 Å². The van der Waals surface area contributed by atoms with Gasteiger partial charge in [-0.2, -0.15) is 0 Å². The molecule has 0 saturated heterocycles. The summed E-state index contributed by atoms with van der Waals surface area (Å²) in [6.45, 7) is -1.59. The SMILES string of the molecule is [2H]C([2H])([2H])c1ccnc(-n2c3ccccc3c3ccc(Oc4cccc(N5Cn6ccnc6-c6ccccc65)c4)cc32)c1. The third kappa shape index (κ3) is 3.57. The van der Waals surface area contributed by atoms with Gasteiger partial charge in [-0.25, -0.2) is 9.97 Å². The standard InChI is InChI=1S/C34H25N5O/c1-23-15-16-35-33(19-23)39-31-12-5-2-9-27(31)28-14-13-26(21-32(28)39)40-25-8-6-7-24(20-25)38-22-37-18-17-36-34(37)29-10-3-4-11-30(29)38/h2-21H,22H2,1H3/i1D3. The number of nitrogens with zero attached hydrogens (tertiary/aromatic N) is 5. The van der Waals surface area contributed by atoms with Gasteiger partial charge in [0, 0.05) is 56.9 Å². The van der Waals surface area contributed by atoms with Crippen molar-refractivity contribution in [2.45, 2.75) is 13.5 Å². The maximum atomic E-state index is 7.91. The summed E-state index contributed by atoms with van der Waals surface area (Å²) >= 11 is 0. The van der Waals surface area contributed by atoms with Gasteiger partial charge in [0.2, 0.25) is 0 Å². The monoisotopic (exact) mass is 522 g/mol. The van der Waals surface area contributed by atoms with E-state index in [1.165, 1.54) is 0 Å². The molecule has 6 heteroatoms. The fourth-order valence-electron chi connectivity index (χ4n) is 5.67. The van der Waals surface area contributed by atoms with E-state index in [-0.39, 0.29) is 5.56 Å². The van der Waals surface area contributed by atoms with Crippen molar-refractivity contribution < 1.29 is 8.85 Å². The summed E-state index contributed by atoms with van der Waals surface area (Å²) in [5, 5.41) is 2.08. The van der Waals surface area contributed by atoms with Gasteiger partial charge in [0.1, 0.15) is 29.8 Å². The molecule has 3 aromatic heterocycles. The van der Waals surface area contributed by atoms with Crippen LogP contribution in [0.5, 0.6) is 11.5 Å². The molecule has 0 amide bonds. The molecule has 4 heterocycles. The summed E-state index contributed by atoms with van der Waals surface area (Å²) in [7, 11) is 0. The summed E-state index contributed by atoms with van der Waals surface area (Å²) < 4.78 is 34.3. The van der Waals surface area contributed by atoms with Crippen LogP contribution in [0.15, 0.2) is 122 Å². The molecule has 0 saturated carbocycles. The van der Waals surface area contributed by atoms with E-state index >= 15 is 0 Å². The largest absolute Gasteiger partial charge is 0.457 e. The number of rotatable bonds is 4. The third-order valence-electron chi connectivity index (χ3n) is 7.43. The number of hydrogen-bond donors (Lipinski definition) is 0. The number of anilines is 2. The van der Waals surface area contributed by atoms with E-state index in [2.05, 4.69) is 43.7 Å². The van der Waals surface area contributed by atoms with Crippen LogP contribution in [0.1, 0.15) is 9.68 Å². The Morgan fingerprint density at radius 2 is 1.62 bits per heavy atom. The number of aromatic nitrogens is 4. The molecular weight excluding hydrogens is 494 g/mol. The maximum absolute atomic E-state index is 7.91. The molecular formula is C34H25N5O. The number of ether oxygens (including phenoxy) is 1. The van der Waals surface area contributed by atoms with E-state index < -0.39 is 6.85 Å². The first-order valence-electron chi connectivity index (χ1n) is 14.6. The number of pyridine rings is 1. The molecule has 40 heavy (non-hydrogen) atoms. The first-order chi connectivity index (χ1) is 20.9. The number of hydrogen-bond acceptors (Lipinski definition) is 4. The maximum Gasteiger partial charge on any atom is 0.143 e. The second kappa shape index (κ2) is 8.85. The van der Waals surface area contributed by atoms with E-state index in [0.29, 0.717) is 24.0 Å². The molecule has 7 aromatic rings. The van der Waals surface area contributed by atoms with Gasteiger partial charge in [0.05, 0.1) is 16.7 Å². The van der Waals surface area contributed by atoms with Gasteiger partial charge in [0.15, 0.2) is 0 Å². The Bertz CT molecular complexity index is 2160. The van der Waals surface area contributed by atoms with Crippen molar-refractivity contribution in [3.63, 3.8) is 0 Å². The molecule has 0 aliphatic carbocycles. The van der Waals surface area contributed by atoms with Crippen LogP contribution in [0.3, 0.4) is 0 Å². The fraction of sp³-hybridized carbons (Fsp3) is 0.0588. The zero-order chi connectivity index (χ0) is 29.1. The molecule has 8 rings (SSSR count). The highest BCUT2D eigenvalue weighted by molar-refractivity contribution is 6.09. The smallest absolute Gasteiger partial charge is 0.143 e. The Labute approximate surface area is 235 Å². The first kappa shape index (κ1) is 19.7. The third-order valence-corrected chi connectivity index (χ3v) is 7.43. The molecule has 1 aliphatic rings. The Hall–Kier alpha value is -5.36. The number of para-hydroxylation sites is 2. The van der Waals surface area contributed by atoms with Crippen LogP contribution in [-0.4, -0.2) is 19.1 Å². The number of imidazole rings is 1. The number of aryl methyl sites for hydroxylation is 1. The molecule has 0 bridgehead atoms. The first-order valence-corrected chi connectivity index (χ1v) is 13.1. The molecule has 1 aliphatic heterocycles. The van der Waals surface area contributed by atoms with Crippen LogP contribution in [0.4, 0.5) is 11.4 Å². The zero-order valence-corrected chi connectivity index (χ0v) is 21.4. The van der Waals surface area contributed by atoms with Gasteiger partial charge >= 0.3 is 0 Å². The van der Waals surface area contributed by atoms with Gasteiger partial charge in [-0.1, -0.05) is 36.4 Å². The Morgan fingerprint density at radius 1 is 0.750 bits per heavy atom. The molecule has 0 N–H and O–H groups in total. The van der Waals surface area contributed by atoms with E-state index in [0.717, 1.165) is 44.6 Å².